The quantitative estimate of drug-likeness (QED) is 0.797. The standard InChI is InChI=1S/C13H19F3N2O2/c1-18(9-13(14,15)16)7-11(19)8-20-12-4-2-3-10(5-12)6-17/h2-5,11,19H,6-9,17H2,1H3. The first kappa shape index (κ1) is 16.7. The van der Waals surface area contributed by atoms with Gasteiger partial charge in [-0.05, 0) is 24.7 Å². The number of hydrogen-bond donors (Lipinski definition) is 2. The average molecular weight is 292 g/mol. The summed E-state index contributed by atoms with van der Waals surface area (Å²) < 4.78 is 41.7. The molecule has 0 amide bonds. The third kappa shape index (κ3) is 6.74. The van der Waals surface area contributed by atoms with Crippen LogP contribution in [0.5, 0.6) is 5.75 Å². The monoisotopic (exact) mass is 292 g/mol. The van der Waals surface area contributed by atoms with Gasteiger partial charge in [-0.2, -0.15) is 13.2 Å². The van der Waals surface area contributed by atoms with Crippen LogP contribution in [0.4, 0.5) is 13.2 Å². The molecule has 0 spiro atoms. The predicted molar refractivity (Wildman–Crippen MR) is 69.4 cm³/mol. The number of rotatable bonds is 7. The lowest BCUT2D eigenvalue weighted by molar-refractivity contribution is -0.145. The van der Waals surface area contributed by atoms with Gasteiger partial charge in [0.1, 0.15) is 18.5 Å². The van der Waals surface area contributed by atoms with Gasteiger partial charge in [-0.1, -0.05) is 12.1 Å². The van der Waals surface area contributed by atoms with E-state index in [1.165, 1.54) is 7.05 Å². The zero-order valence-electron chi connectivity index (χ0n) is 11.2. The molecule has 0 aliphatic heterocycles. The SMILES string of the molecule is CN(CC(O)COc1cccc(CN)c1)CC(F)(F)F. The number of nitrogens with zero attached hydrogens (tertiary/aromatic N) is 1. The Hall–Kier alpha value is -1.31. The van der Waals surface area contributed by atoms with Crippen molar-refractivity contribution in [1.29, 1.82) is 0 Å². The number of halogens is 3. The number of alkyl halides is 3. The van der Waals surface area contributed by atoms with Gasteiger partial charge in [0.2, 0.25) is 0 Å². The number of aliphatic hydroxyl groups excluding tert-OH is 1. The van der Waals surface area contributed by atoms with E-state index in [-0.39, 0.29) is 13.2 Å². The number of nitrogens with two attached hydrogens (primary N) is 1. The molecule has 0 heterocycles. The highest BCUT2D eigenvalue weighted by molar-refractivity contribution is 5.28. The molecule has 0 aromatic heterocycles. The van der Waals surface area contributed by atoms with Gasteiger partial charge in [-0.3, -0.25) is 4.90 Å². The maximum Gasteiger partial charge on any atom is 0.401 e. The average Bonchev–Trinajstić information content (AvgIpc) is 2.34. The molecule has 7 heteroatoms. The van der Waals surface area contributed by atoms with E-state index >= 15 is 0 Å². The molecule has 0 bridgehead atoms. The molecule has 0 radical (unpaired) electrons. The van der Waals surface area contributed by atoms with Crippen molar-refractivity contribution in [2.75, 3.05) is 26.7 Å². The molecule has 1 rings (SSSR count). The van der Waals surface area contributed by atoms with Gasteiger partial charge in [-0.15, -0.1) is 0 Å². The molecule has 1 atom stereocenters. The maximum atomic E-state index is 12.1. The van der Waals surface area contributed by atoms with Gasteiger partial charge in [-0.25, -0.2) is 0 Å². The Morgan fingerprint density at radius 1 is 1.40 bits per heavy atom. The second-order valence-electron chi connectivity index (χ2n) is 4.63. The molecular weight excluding hydrogens is 273 g/mol. The van der Waals surface area contributed by atoms with Crippen LogP contribution in [0.1, 0.15) is 5.56 Å². The molecule has 4 nitrogen and oxygen atoms in total. The molecule has 1 unspecified atom stereocenters. The molecular formula is C13H19F3N2O2. The van der Waals surface area contributed by atoms with Crippen molar-refractivity contribution in [1.82, 2.24) is 4.90 Å². The minimum absolute atomic E-state index is 0.0732. The van der Waals surface area contributed by atoms with Crippen LogP contribution in [0.3, 0.4) is 0 Å². The summed E-state index contributed by atoms with van der Waals surface area (Å²) in [6.07, 6.45) is -5.27. The van der Waals surface area contributed by atoms with E-state index in [1.54, 1.807) is 18.2 Å². The van der Waals surface area contributed by atoms with E-state index < -0.39 is 18.8 Å². The van der Waals surface area contributed by atoms with Crippen LogP contribution in [-0.2, 0) is 6.54 Å². The zero-order valence-corrected chi connectivity index (χ0v) is 11.2. The Balaban J connectivity index is 2.37. The smallest absolute Gasteiger partial charge is 0.401 e. The number of ether oxygens (including phenoxy) is 1. The summed E-state index contributed by atoms with van der Waals surface area (Å²) in [4.78, 5) is 1.00. The number of likely N-dealkylation sites (N-methyl/N-ethyl adjacent to an activating group) is 1. The third-order valence-corrected chi connectivity index (χ3v) is 2.55. The lowest BCUT2D eigenvalue weighted by atomic mass is 10.2. The summed E-state index contributed by atoms with van der Waals surface area (Å²) in [6.45, 7) is -0.882. The molecule has 3 N–H and O–H groups in total. The lowest BCUT2D eigenvalue weighted by Crippen LogP contribution is -2.38. The Bertz CT molecular complexity index is 413. The lowest BCUT2D eigenvalue weighted by Gasteiger charge is -2.21. The minimum Gasteiger partial charge on any atom is -0.491 e. The topological polar surface area (TPSA) is 58.7 Å². The van der Waals surface area contributed by atoms with E-state index in [0.29, 0.717) is 12.3 Å². The van der Waals surface area contributed by atoms with E-state index in [1.807, 2.05) is 6.07 Å². The predicted octanol–water partition coefficient (Wildman–Crippen LogP) is 1.38. The molecule has 1 aromatic carbocycles. The van der Waals surface area contributed by atoms with Crippen LogP contribution >= 0.6 is 0 Å². The fourth-order valence-electron chi connectivity index (χ4n) is 1.74. The molecule has 0 aliphatic carbocycles. The van der Waals surface area contributed by atoms with Crippen molar-refractivity contribution >= 4 is 0 Å². The van der Waals surface area contributed by atoms with Crippen LogP contribution in [0.25, 0.3) is 0 Å². The Morgan fingerprint density at radius 3 is 2.70 bits per heavy atom. The Labute approximate surface area is 115 Å². The van der Waals surface area contributed by atoms with Gasteiger partial charge in [0.25, 0.3) is 0 Å². The van der Waals surface area contributed by atoms with Crippen molar-refractivity contribution < 1.29 is 23.0 Å². The summed E-state index contributed by atoms with van der Waals surface area (Å²) in [5, 5.41) is 9.65. The van der Waals surface area contributed by atoms with Crippen LogP contribution in [-0.4, -0.2) is 49.0 Å². The van der Waals surface area contributed by atoms with Crippen molar-refractivity contribution in [3.05, 3.63) is 29.8 Å². The summed E-state index contributed by atoms with van der Waals surface area (Å²) in [7, 11) is 1.30. The highest BCUT2D eigenvalue weighted by Crippen LogP contribution is 2.16. The molecule has 20 heavy (non-hydrogen) atoms. The normalized spacial score (nSPS) is 13.6. The molecule has 0 fully saturated rings. The van der Waals surface area contributed by atoms with Crippen LogP contribution in [0.15, 0.2) is 24.3 Å². The van der Waals surface area contributed by atoms with Gasteiger partial charge in [0.05, 0.1) is 6.54 Å². The largest absolute Gasteiger partial charge is 0.491 e. The first-order chi connectivity index (χ1) is 9.30. The highest BCUT2D eigenvalue weighted by atomic mass is 19.4. The summed E-state index contributed by atoms with van der Waals surface area (Å²) in [5.41, 5.74) is 6.36. The van der Waals surface area contributed by atoms with Gasteiger partial charge in [0.15, 0.2) is 0 Å². The third-order valence-electron chi connectivity index (χ3n) is 2.55. The fourth-order valence-corrected chi connectivity index (χ4v) is 1.74. The van der Waals surface area contributed by atoms with E-state index in [2.05, 4.69) is 0 Å². The van der Waals surface area contributed by atoms with Crippen LogP contribution in [0.2, 0.25) is 0 Å². The van der Waals surface area contributed by atoms with E-state index in [9.17, 15) is 18.3 Å². The number of hydrogen-bond acceptors (Lipinski definition) is 4. The number of aliphatic hydroxyl groups is 1. The zero-order chi connectivity index (χ0) is 15.2. The van der Waals surface area contributed by atoms with Gasteiger partial charge in [0, 0.05) is 13.1 Å². The summed E-state index contributed by atoms with van der Waals surface area (Å²) in [6, 6.07) is 7.03. The first-order valence-corrected chi connectivity index (χ1v) is 6.15. The second-order valence-corrected chi connectivity index (χ2v) is 4.63. The van der Waals surface area contributed by atoms with Crippen molar-refractivity contribution in [3.63, 3.8) is 0 Å². The molecule has 1 aromatic rings. The van der Waals surface area contributed by atoms with E-state index in [0.717, 1.165) is 10.5 Å². The van der Waals surface area contributed by atoms with E-state index in [4.69, 9.17) is 10.5 Å². The number of benzene rings is 1. The Kier molecular flexibility index (Phi) is 6.25. The van der Waals surface area contributed by atoms with Gasteiger partial charge < -0.3 is 15.6 Å². The molecule has 0 saturated heterocycles. The highest BCUT2D eigenvalue weighted by Gasteiger charge is 2.29. The molecule has 114 valence electrons. The van der Waals surface area contributed by atoms with Gasteiger partial charge >= 0.3 is 6.18 Å². The van der Waals surface area contributed by atoms with Crippen molar-refractivity contribution in [2.45, 2.75) is 18.8 Å². The van der Waals surface area contributed by atoms with Crippen molar-refractivity contribution in [3.8, 4) is 5.75 Å². The summed E-state index contributed by atoms with van der Waals surface area (Å²) >= 11 is 0. The summed E-state index contributed by atoms with van der Waals surface area (Å²) in [5.74, 6) is 0.533. The second kappa shape index (κ2) is 7.47. The molecule has 0 aliphatic rings. The van der Waals surface area contributed by atoms with Crippen LogP contribution < -0.4 is 10.5 Å². The fraction of sp³-hybridized carbons (Fsp3) is 0.538. The Morgan fingerprint density at radius 2 is 2.10 bits per heavy atom. The van der Waals surface area contributed by atoms with Crippen molar-refractivity contribution in [2.24, 2.45) is 5.73 Å². The molecule has 0 saturated carbocycles. The first-order valence-electron chi connectivity index (χ1n) is 6.15. The maximum absolute atomic E-state index is 12.1. The minimum atomic E-state index is -4.27. The van der Waals surface area contributed by atoms with Crippen LogP contribution in [0, 0.1) is 0 Å².